The third kappa shape index (κ3) is 4.23. The maximum absolute atomic E-state index is 13.8. The Balaban J connectivity index is 0.00000231. The summed E-state index contributed by atoms with van der Waals surface area (Å²) in [6.07, 6.45) is 1.46. The largest absolute Gasteiger partial charge is 0.486 e. The zero-order valence-corrected chi connectivity index (χ0v) is 17.6. The zero-order chi connectivity index (χ0) is 20.7. The molecule has 0 radical (unpaired) electrons. The number of nitrogens with zero attached hydrogens (tertiary/aromatic N) is 3. The van der Waals surface area contributed by atoms with Crippen molar-refractivity contribution >= 4 is 12.4 Å². The minimum absolute atomic E-state index is 0. The molecule has 3 atom stereocenters. The van der Waals surface area contributed by atoms with Gasteiger partial charge >= 0.3 is 0 Å². The van der Waals surface area contributed by atoms with Gasteiger partial charge in [0.25, 0.3) is 0 Å². The van der Waals surface area contributed by atoms with Crippen LogP contribution in [0, 0.1) is 5.82 Å². The first-order valence-corrected chi connectivity index (χ1v) is 10.1. The highest BCUT2D eigenvalue weighted by Crippen LogP contribution is 2.36. The van der Waals surface area contributed by atoms with Crippen molar-refractivity contribution in [3.8, 4) is 28.6 Å². The highest BCUT2D eigenvalue weighted by Gasteiger charge is 2.31. The second-order valence-electron chi connectivity index (χ2n) is 7.78. The number of nitrogens with two attached hydrogens (primary N) is 1. The van der Waals surface area contributed by atoms with Gasteiger partial charge in [-0.1, -0.05) is 12.1 Å². The molecule has 7 nitrogen and oxygen atoms in total. The highest BCUT2D eigenvalue weighted by atomic mass is 35.5. The molecule has 0 amide bonds. The fourth-order valence-corrected chi connectivity index (χ4v) is 4.12. The van der Waals surface area contributed by atoms with Crippen LogP contribution in [-0.4, -0.2) is 45.2 Å². The van der Waals surface area contributed by atoms with Gasteiger partial charge in [-0.3, -0.25) is 0 Å². The molecule has 0 unspecified atom stereocenters. The predicted octanol–water partition coefficient (Wildman–Crippen LogP) is 3.22. The summed E-state index contributed by atoms with van der Waals surface area (Å²) in [5.74, 6) is 2.23. The van der Waals surface area contributed by atoms with E-state index in [0.717, 1.165) is 17.9 Å². The van der Waals surface area contributed by atoms with Crippen LogP contribution in [0.2, 0.25) is 0 Å². The van der Waals surface area contributed by atoms with Crippen molar-refractivity contribution in [2.24, 2.45) is 5.73 Å². The van der Waals surface area contributed by atoms with Crippen molar-refractivity contribution in [1.82, 2.24) is 14.8 Å². The van der Waals surface area contributed by atoms with E-state index in [1.54, 1.807) is 16.8 Å². The minimum atomic E-state index is -0.505. The Morgan fingerprint density at radius 2 is 1.87 bits per heavy atom. The molecule has 1 aromatic heterocycles. The maximum Gasteiger partial charge on any atom is 0.181 e. The molecule has 3 aromatic rings. The normalized spacial score (nSPS) is 22.6. The van der Waals surface area contributed by atoms with Gasteiger partial charge < -0.3 is 20.3 Å². The molecule has 1 saturated carbocycles. The molecule has 2 heterocycles. The molecular weight excluding hydrogens is 423 g/mol. The van der Waals surface area contributed by atoms with E-state index in [1.807, 2.05) is 18.2 Å². The molecule has 1 aliphatic carbocycles. The van der Waals surface area contributed by atoms with E-state index in [0.29, 0.717) is 48.9 Å². The minimum Gasteiger partial charge on any atom is -0.486 e. The number of hydrogen-bond donors (Lipinski definition) is 2. The van der Waals surface area contributed by atoms with Crippen LogP contribution in [0.3, 0.4) is 0 Å². The van der Waals surface area contributed by atoms with Crippen LogP contribution < -0.4 is 15.2 Å². The standard InChI is InChI=1S/C22H23FN4O3.ClH/c23-15-3-1-2-13(10-15)21-25-22(14-4-6-18(28)17(24)11-14)27(26-21)16-5-7-19-20(12-16)30-9-8-29-19;/h1-3,5,7,10,12,14,17-18,28H,4,6,8-9,11,24H2;1H/t14-,17+,18+;/m0./s1. The molecule has 9 heteroatoms. The number of benzene rings is 2. The van der Waals surface area contributed by atoms with Crippen LogP contribution in [-0.2, 0) is 0 Å². The monoisotopic (exact) mass is 446 g/mol. The molecule has 1 aliphatic heterocycles. The number of halogens is 2. The third-order valence-electron chi connectivity index (χ3n) is 5.71. The van der Waals surface area contributed by atoms with Crippen molar-refractivity contribution in [3.05, 3.63) is 54.1 Å². The van der Waals surface area contributed by atoms with E-state index in [1.165, 1.54) is 12.1 Å². The van der Waals surface area contributed by atoms with E-state index in [-0.39, 0.29) is 30.2 Å². The Morgan fingerprint density at radius 3 is 2.65 bits per heavy atom. The number of rotatable bonds is 3. The van der Waals surface area contributed by atoms with Crippen molar-refractivity contribution in [2.75, 3.05) is 13.2 Å². The first-order chi connectivity index (χ1) is 14.6. The lowest BCUT2D eigenvalue weighted by Crippen LogP contribution is -2.40. The summed E-state index contributed by atoms with van der Waals surface area (Å²) in [7, 11) is 0. The van der Waals surface area contributed by atoms with Crippen LogP contribution in [0.4, 0.5) is 4.39 Å². The van der Waals surface area contributed by atoms with Crippen LogP contribution >= 0.6 is 12.4 Å². The van der Waals surface area contributed by atoms with Gasteiger partial charge in [0.15, 0.2) is 17.3 Å². The molecule has 2 aliphatic rings. The second kappa shape index (κ2) is 8.82. The van der Waals surface area contributed by atoms with Crippen molar-refractivity contribution in [3.63, 3.8) is 0 Å². The molecule has 1 fully saturated rings. The van der Waals surface area contributed by atoms with E-state index >= 15 is 0 Å². The lowest BCUT2D eigenvalue weighted by atomic mass is 9.83. The quantitative estimate of drug-likeness (QED) is 0.641. The van der Waals surface area contributed by atoms with Gasteiger partial charge in [-0.25, -0.2) is 14.1 Å². The van der Waals surface area contributed by atoms with Crippen LogP contribution in [0.1, 0.15) is 31.0 Å². The molecule has 3 N–H and O–H groups in total. The van der Waals surface area contributed by atoms with Crippen molar-refractivity contribution in [1.29, 1.82) is 0 Å². The van der Waals surface area contributed by atoms with E-state index in [9.17, 15) is 9.50 Å². The lowest BCUT2D eigenvalue weighted by molar-refractivity contribution is 0.0989. The number of ether oxygens (including phenoxy) is 2. The average molecular weight is 447 g/mol. The lowest BCUT2D eigenvalue weighted by Gasteiger charge is -2.30. The summed E-state index contributed by atoms with van der Waals surface area (Å²) < 4.78 is 26.9. The summed E-state index contributed by atoms with van der Waals surface area (Å²) in [6.45, 7) is 1.01. The Morgan fingerprint density at radius 1 is 1.06 bits per heavy atom. The molecule has 0 saturated heterocycles. The fourth-order valence-electron chi connectivity index (χ4n) is 4.12. The Labute approximate surface area is 185 Å². The number of hydrogen-bond acceptors (Lipinski definition) is 6. The highest BCUT2D eigenvalue weighted by molar-refractivity contribution is 5.85. The van der Waals surface area contributed by atoms with Gasteiger partial charge in [0.1, 0.15) is 24.9 Å². The summed E-state index contributed by atoms with van der Waals surface area (Å²) >= 11 is 0. The molecule has 5 rings (SSSR count). The molecule has 0 spiro atoms. The van der Waals surface area contributed by atoms with Crippen molar-refractivity contribution < 1.29 is 19.0 Å². The fraction of sp³-hybridized carbons (Fsp3) is 0.364. The molecule has 164 valence electrons. The SMILES string of the molecule is Cl.N[C@@H]1C[C@@H](c2nc(-c3cccc(F)c3)nn2-c2ccc3c(c2)OCCO3)CC[C@H]1O. The van der Waals surface area contributed by atoms with Gasteiger partial charge in [0.2, 0.25) is 0 Å². The number of fused-ring (bicyclic) bond motifs is 1. The zero-order valence-electron chi connectivity index (χ0n) is 16.8. The van der Waals surface area contributed by atoms with Gasteiger partial charge in [-0.05, 0) is 43.5 Å². The molecule has 0 bridgehead atoms. The Kier molecular flexibility index (Phi) is 6.13. The first-order valence-electron chi connectivity index (χ1n) is 10.1. The van der Waals surface area contributed by atoms with Gasteiger partial charge in [-0.15, -0.1) is 17.5 Å². The van der Waals surface area contributed by atoms with E-state index in [2.05, 4.69) is 0 Å². The molecular formula is C22H24ClFN4O3. The first kappa shape index (κ1) is 21.5. The topological polar surface area (TPSA) is 95.4 Å². The summed E-state index contributed by atoms with van der Waals surface area (Å²) in [4.78, 5) is 4.77. The number of aromatic nitrogens is 3. The third-order valence-corrected chi connectivity index (χ3v) is 5.71. The molecule has 2 aromatic carbocycles. The van der Waals surface area contributed by atoms with E-state index < -0.39 is 6.10 Å². The van der Waals surface area contributed by atoms with Gasteiger partial charge in [0, 0.05) is 23.6 Å². The predicted molar refractivity (Wildman–Crippen MR) is 116 cm³/mol. The van der Waals surface area contributed by atoms with Crippen LogP contribution in [0.25, 0.3) is 17.1 Å². The summed E-state index contributed by atoms with van der Waals surface area (Å²) in [5.41, 5.74) is 7.52. The number of aliphatic hydroxyl groups is 1. The maximum atomic E-state index is 13.8. The summed E-state index contributed by atoms with van der Waals surface area (Å²) in [5, 5.41) is 14.7. The summed E-state index contributed by atoms with van der Waals surface area (Å²) in [6, 6.07) is 11.6. The van der Waals surface area contributed by atoms with Gasteiger partial charge in [-0.2, -0.15) is 0 Å². The second-order valence-corrected chi connectivity index (χ2v) is 7.78. The Bertz CT molecular complexity index is 1080. The van der Waals surface area contributed by atoms with Crippen molar-refractivity contribution in [2.45, 2.75) is 37.3 Å². The smallest absolute Gasteiger partial charge is 0.181 e. The van der Waals surface area contributed by atoms with E-state index in [4.69, 9.17) is 25.3 Å². The Hall–Kier alpha value is -2.68. The molecule has 31 heavy (non-hydrogen) atoms. The van der Waals surface area contributed by atoms with Gasteiger partial charge in [0.05, 0.1) is 11.8 Å². The van der Waals surface area contributed by atoms with Crippen LogP contribution in [0.5, 0.6) is 11.5 Å². The average Bonchev–Trinajstić information content (AvgIpc) is 3.21. The van der Waals surface area contributed by atoms with Crippen LogP contribution in [0.15, 0.2) is 42.5 Å². The number of aliphatic hydroxyl groups excluding tert-OH is 1.